The SMILES string of the molecule is COc1ccc([Si](C)(C)[C@H]2[C@H](CCn3cc(CCO)nn3)O[C@@]3(C(=O)N(c4ccccc4)c4ccc([N+](=O)[O-])cc43)[C@@H]2C)cc1. The van der Waals surface area contributed by atoms with Crippen molar-refractivity contribution in [3.05, 3.63) is 100 Å². The Bertz CT molecular complexity index is 1710. The number of non-ortho nitro benzene ring substituents is 1. The number of benzene rings is 3. The third-order valence-corrected chi connectivity index (χ3v) is 13.9. The summed E-state index contributed by atoms with van der Waals surface area (Å²) in [5.41, 5.74) is 0.942. The molecule has 12 heteroatoms. The summed E-state index contributed by atoms with van der Waals surface area (Å²) in [7, 11) is -0.758. The number of rotatable bonds is 10. The molecule has 4 aromatic rings. The lowest BCUT2D eigenvalue weighted by atomic mass is 9.82. The lowest BCUT2D eigenvalue weighted by Gasteiger charge is -2.37. The second-order valence-corrected chi connectivity index (χ2v) is 17.0. The van der Waals surface area contributed by atoms with Crippen molar-refractivity contribution < 1.29 is 24.3 Å². The van der Waals surface area contributed by atoms with Gasteiger partial charge in [0.05, 0.1) is 37.6 Å². The van der Waals surface area contributed by atoms with E-state index in [2.05, 4.69) is 42.5 Å². The van der Waals surface area contributed by atoms with Crippen LogP contribution in [0.15, 0.2) is 79.0 Å². The summed E-state index contributed by atoms with van der Waals surface area (Å²) in [6.45, 7) is 7.13. The van der Waals surface area contributed by atoms with Crippen LogP contribution in [-0.2, 0) is 28.1 Å². The van der Waals surface area contributed by atoms with Crippen molar-refractivity contribution in [2.45, 2.75) is 56.7 Å². The first-order chi connectivity index (χ1) is 21.6. The third-order valence-electron chi connectivity index (χ3n) is 9.55. The van der Waals surface area contributed by atoms with Gasteiger partial charge >= 0.3 is 0 Å². The molecule has 1 amide bonds. The minimum atomic E-state index is -2.40. The maximum Gasteiger partial charge on any atom is 0.269 e. The molecule has 0 bridgehead atoms. The van der Waals surface area contributed by atoms with Gasteiger partial charge in [-0.25, -0.2) is 0 Å². The van der Waals surface area contributed by atoms with Crippen molar-refractivity contribution in [3.8, 4) is 5.75 Å². The number of hydrogen-bond acceptors (Lipinski definition) is 8. The Hall–Kier alpha value is -4.39. The number of anilines is 2. The van der Waals surface area contributed by atoms with E-state index in [1.165, 1.54) is 17.3 Å². The van der Waals surface area contributed by atoms with Gasteiger partial charge in [-0.05, 0) is 42.3 Å². The molecule has 3 aromatic carbocycles. The number of aromatic nitrogens is 3. The summed E-state index contributed by atoms with van der Waals surface area (Å²) >= 11 is 0. The first-order valence-electron chi connectivity index (χ1n) is 15.1. The molecule has 45 heavy (non-hydrogen) atoms. The van der Waals surface area contributed by atoms with Crippen LogP contribution in [0.25, 0.3) is 0 Å². The Morgan fingerprint density at radius 3 is 2.51 bits per heavy atom. The topological polar surface area (TPSA) is 133 Å². The molecule has 0 aliphatic carbocycles. The number of nitro benzene ring substituents is 1. The molecule has 1 spiro atoms. The average molecular weight is 628 g/mol. The van der Waals surface area contributed by atoms with E-state index in [-0.39, 0.29) is 35.8 Å². The summed E-state index contributed by atoms with van der Waals surface area (Å²) in [6.07, 6.45) is 2.43. The van der Waals surface area contributed by atoms with E-state index < -0.39 is 18.6 Å². The quantitative estimate of drug-likeness (QED) is 0.152. The second kappa shape index (κ2) is 11.8. The highest BCUT2D eigenvalue weighted by molar-refractivity contribution is 6.91. The number of fused-ring (bicyclic) bond motifs is 2. The number of aliphatic hydroxyl groups excluding tert-OH is 1. The van der Waals surface area contributed by atoms with Crippen molar-refractivity contribution >= 4 is 36.2 Å². The minimum absolute atomic E-state index is 0.0141. The zero-order valence-electron chi connectivity index (χ0n) is 25.8. The van der Waals surface area contributed by atoms with Crippen molar-refractivity contribution in [1.29, 1.82) is 0 Å². The van der Waals surface area contributed by atoms with E-state index in [4.69, 9.17) is 9.47 Å². The fourth-order valence-electron chi connectivity index (χ4n) is 7.38. The molecule has 234 valence electrons. The highest BCUT2D eigenvalue weighted by Gasteiger charge is 2.66. The average Bonchev–Trinajstić information content (AvgIpc) is 3.69. The first-order valence-corrected chi connectivity index (χ1v) is 18.2. The molecule has 1 N–H and O–H groups in total. The molecule has 0 saturated carbocycles. The van der Waals surface area contributed by atoms with Gasteiger partial charge in [0, 0.05) is 55.1 Å². The highest BCUT2D eigenvalue weighted by Crippen LogP contribution is 2.61. The minimum Gasteiger partial charge on any atom is -0.497 e. The van der Waals surface area contributed by atoms with Crippen LogP contribution in [0.3, 0.4) is 0 Å². The third kappa shape index (κ3) is 5.12. The lowest BCUT2D eigenvalue weighted by Crippen LogP contribution is -2.51. The van der Waals surface area contributed by atoms with E-state index in [1.807, 2.05) is 48.7 Å². The lowest BCUT2D eigenvalue weighted by molar-refractivity contribution is -0.385. The fraction of sp³-hybridized carbons (Fsp3) is 0.364. The Morgan fingerprint density at radius 2 is 1.84 bits per heavy atom. The van der Waals surface area contributed by atoms with Gasteiger partial charge in [-0.15, -0.1) is 5.10 Å². The molecule has 1 saturated heterocycles. The number of para-hydroxylation sites is 1. The number of carbonyl (C=O) groups is 1. The molecule has 0 unspecified atom stereocenters. The number of nitrogens with zero attached hydrogens (tertiary/aromatic N) is 5. The normalized spacial score (nSPS) is 22.6. The summed E-state index contributed by atoms with van der Waals surface area (Å²) in [4.78, 5) is 28.0. The summed E-state index contributed by atoms with van der Waals surface area (Å²) in [5.74, 6) is 0.214. The van der Waals surface area contributed by atoms with Crippen LogP contribution in [0.2, 0.25) is 18.6 Å². The Morgan fingerprint density at radius 1 is 1.11 bits per heavy atom. The van der Waals surface area contributed by atoms with E-state index in [9.17, 15) is 20.0 Å². The van der Waals surface area contributed by atoms with Crippen LogP contribution in [-0.4, -0.2) is 58.8 Å². The van der Waals surface area contributed by atoms with Crippen molar-refractivity contribution in [3.63, 3.8) is 0 Å². The van der Waals surface area contributed by atoms with E-state index in [0.717, 1.165) is 5.75 Å². The highest BCUT2D eigenvalue weighted by atomic mass is 28.3. The number of aryl methyl sites for hydroxylation is 1. The fourth-order valence-corrected chi connectivity index (χ4v) is 11.4. The van der Waals surface area contributed by atoms with Crippen LogP contribution in [0.5, 0.6) is 5.75 Å². The first kappa shape index (κ1) is 30.6. The zero-order valence-corrected chi connectivity index (χ0v) is 26.8. The standard InChI is InChI=1S/C33H37N5O6Si/c1-22-31(45(3,4)27-13-11-26(43-2)12-14-27)30(16-18-36-21-23(17-19-39)34-35-36)44-33(22)28-20-25(38(41)42)10-15-29(28)37(32(33)40)24-8-6-5-7-9-24/h5-15,20-22,30-31,39H,16-19H2,1-4H3/t22-,30+,31-,33+/m1/s1. The van der Waals surface area contributed by atoms with Crippen LogP contribution >= 0.6 is 0 Å². The molecule has 4 atom stereocenters. The number of carbonyl (C=O) groups excluding carboxylic acids is 1. The van der Waals surface area contributed by atoms with Gasteiger partial charge in [0.25, 0.3) is 11.6 Å². The van der Waals surface area contributed by atoms with Crippen LogP contribution in [0.4, 0.5) is 17.1 Å². The predicted octanol–water partition coefficient (Wildman–Crippen LogP) is 4.71. The van der Waals surface area contributed by atoms with Gasteiger partial charge in [0.2, 0.25) is 0 Å². The summed E-state index contributed by atoms with van der Waals surface area (Å²) in [5, 5.41) is 30.9. The molecule has 2 aliphatic rings. The van der Waals surface area contributed by atoms with Crippen molar-refractivity contribution in [2.24, 2.45) is 5.92 Å². The number of nitro groups is 1. The number of amides is 1. The Kier molecular flexibility index (Phi) is 8.06. The molecule has 2 aliphatic heterocycles. The van der Waals surface area contributed by atoms with Crippen LogP contribution < -0.4 is 14.8 Å². The molecule has 11 nitrogen and oxygen atoms in total. The smallest absolute Gasteiger partial charge is 0.269 e. The molecule has 3 heterocycles. The van der Waals surface area contributed by atoms with Gasteiger partial charge in [-0.1, -0.05) is 60.7 Å². The molecule has 1 fully saturated rings. The molecule has 1 aromatic heterocycles. The van der Waals surface area contributed by atoms with Gasteiger partial charge in [0.1, 0.15) is 5.75 Å². The molecular weight excluding hydrogens is 590 g/mol. The number of aliphatic hydroxyl groups is 1. The van der Waals surface area contributed by atoms with Crippen molar-refractivity contribution in [2.75, 3.05) is 18.6 Å². The van der Waals surface area contributed by atoms with Gasteiger partial charge in [-0.3, -0.25) is 24.5 Å². The zero-order chi connectivity index (χ0) is 31.9. The van der Waals surface area contributed by atoms with E-state index in [1.54, 1.807) is 22.8 Å². The van der Waals surface area contributed by atoms with Crippen LogP contribution in [0, 0.1) is 16.0 Å². The van der Waals surface area contributed by atoms with Crippen molar-refractivity contribution in [1.82, 2.24) is 15.0 Å². The second-order valence-electron chi connectivity index (χ2n) is 12.3. The Labute approximate surface area is 262 Å². The Balaban J connectivity index is 1.47. The largest absolute Gasteiger partial charge is 0.497 e. The van der Waals surface area contributed by atoms with E-state index in [0.29, 0.717) is 42.0 Å². The monoisotopic (exact) mass is 627 g/mol. The predicted molar refractivity (Wildman–Crippen MR) is 172 cm³/mol. The number of ether oxygens (including phenoxy) is 2. The maximum atomic E-state index is 14.8. The number of methoxy groups -OCH3 is 1. The summed E-state index contributed by atoms with van der Waals surface area (Å²) in [6, 6.07) is 22.1. The maximum absolute atomic E-state index is 14.8. The molecule has 0 radical (unpaired) electrons. The molecular formula is C33H37N5O6Si. The van der Waals surface area contributed by atoms with Gasteiger partial charge in [-0.2, -0.15) is 0 Å². The van der Waals surface area contributed by atoms with Gasteiger partial charge < -0.3 is 14.6 Å². The number of hydrogen-bond donors (Lipinski definition) is 1. The van der Waals surface area contributed by atoms with Crippen LogP contribution in [0.1, 0.15) is 24.6 Å². The van der Waals surface area contributed by atoms with Gasteiger partial charge in [0.15, 0.2) is 5.60 Å². The van der Waals surface area contributed by atoms with E-state index >= 15 is 0 Å². The summed E-state index contributed by atoms with van der Waals surface area (Å²) < 4.78 is 14.3. The molecule has 6 rings (SSSR count).